The first kappa shape index (κ1) is 23.1. The Bertz CT molecular complexity index is 949. The molecule has 30 heavy (non-hydrogen) atoms. The lowest BCUT2D eigenvalue weighted by atomic mass is 10.00. The van der Waals surface area contributed by atoms with E-state index in [4.69, 9.17) is 21.3 Å². The molecule has 3 rings (SSSR count). The second kappa shape index (κ2) is 10.6. The van der Waals surface area contributed by atoms with E-state index in [1.807, 2.05) is 11.8 Å². The zero-order chi connectivity index (χ0) is 21.7. The molecule has 2 unspecified atom stereocenters. The van der Waals surface area contributed by atoms with Crippen LogP contribution in [0.3, 0.4) is 0 Å². The largest absolute Gasteiger partial charge is 0.385 e. The number of nitrogens with zero attached hydrogens (tertiary/aromatic N) is 3. The van der Waals surface area contributed by atoms with Gasteiger partial charge < -0.3 is 9.64 Å². The minimum atomic E-state index is -0.325. The van der Waals surface area contributed by atoms with Gasteiger partial charge in [0.25, 0.3) is 5.56 Å². The van der Waals surface area contributed by atoms with Crippen molar-refractivity contribution in [1.29, 1.82) is 0 Å². The van der Waals surface area contributed by atoms with Crippen LogP contribution in [0.15, 0.2) is 28.2 Å². The van der Waals surface area contributed by atoms with Gasteiger partial charge in [0.15, 0.2) is 5.16 Å². The Labute approximate surface area is 186 Å². The first-order chi connectivity index (χ1) is 14.5. The number of likely N-dealkylation sites (tertiary alicyclic amines) is 1. The number of carbonyl (C=O) groups excluding carboxylic acids is 1. The molecule has 1 aliphatic heterocycles. The SMILES string of the molecule is CCC1CCCCN1C(=O)C(C)Sc1nc2cc(Cl)ccc2c(=O)n1CCCOC. The summed E-state index contributed by atoms with van der Waals surface area (Å²) < 4.78 is 6.81. The van der Waals surface area contributed by atoms with E-state index < -0.39 is 0 Å². The number of fused-ring (bicyclic) bond motifs is 1. The Morgan fingerprint density at radius 1 is 1.40 bits per heavy atom. The molecule has 0 N–H and O–H groups in total. The number of aromatic nitrogens is 2. The van der Waals surface area contributed by atoms with Crippen molar-refractivity contribution >= 4 is 40.2 Å². The van der Waals surface area contributed by atoms with Crippen LogP contribution in [0.4, 0.5) is 0 Å². The van der Waals surface area contributed by atoms with Crippen LogP contribution in [0.25, 0.3) is 10.9 Å². The lowest BCUT2D eigenvalue weighted by Gasteiger charge is -2.36. The second-order valence-corrected chi connectivity index (χ2v) is 9.45. The van der Waals surface area contributed by atoms with Gasteiger partial charge >= 0.3 is 0 Å². The Morgan fingerprint density at radius 3 is 2.93 bits per heavy atom. The van der Waals surface area contributed by atoms with E-state index in [-0.39, 0.29) is 16.7 Å². The maximum atomic E-state index is 13.2. The third-order valence-corrected chi connectivity index (χ3v) is 6.94. The molecule has 6 nitrogen and oxygen atoms in total. The van der Waals surface area contributed by atoms with Crippen LogP contribution >= 0.6 is 23.4 Å². The number of halogens is 1. The molecule has 1 saturated heterocycles. The molecule has 1 amide bonds. The minimum absolute atomic E-state index is 0.112. The Hall–Kier alpha value is -1.57. The fourth-order valence-electron chi connectivity index (χ4n) is 3.99. The van der Waals surface area contributed by atoms with Crippen molar-refractivity contribution in [2.45, 2.75) is 68.9 Å². The Balaban J connectivity index is 1.91. The number of benzene rings is 1. The van der Waals surface area contributed by atoms with Gasteiger partial charge in [0.1, 0.15) is 0 Å². The first-order valence-electron chi connectivity index (χ1n) is 10.6. The van der Waals surface area contributed by atoms with Crippen LogP contribution in [0.1, 0.15) is 46.0 Å². The summed E-state index contributed by atoms with van der Waals surface area (Å²) in [5, 5.41) is 1.29. The van der Waals surface area contributed by atoms with Crippen molar-refractivity contribution < 1.29 is 9.53 Å². The molecule has 2 aromatic rings. The summed E-state index contributed by atoms with van der Waals surface area (Å²) in [4.78, 5) is 33.1. The highest BCUT2D eigenvalue weighted by atomic mass is 35.5. The summed E-state index contributed by atoms with van der Waals surface area (Å²) in [6, 6.07) is 5.42. The highest BCUT2D eigenvalue weighted by Crippen LogP contribution is 2.28. The number of hydrogen-bond acceptors (Lipinski definition) is 5. The standard InChI is InChI=1S/C22H30ClN3O3S/c1-4-17-8-5-6-11-25(17)20(27)15(2)30-22-24-19-14-16(23)9-10-18(19)21(28)26(22)12-7-13-29-3/h9-10,14-15,17H,4-8,11-13H2,1-3H3. The lowest BCUT2D eigenvalue weighted by molar-refractivity contribution is -0.134. The zero-order valence-electron chi connectivity index (χ0n) is 17.9. The summed E-state index contributed by atoms with van der Waals surface area (Å²) in [6.45, 7) is 5.89. The lowest BCUT2D eigenvalue weighted by Crippen LogP contribution is -2.46. The van der Waals surface area contributed by atoms with E-state index in [0.29, 0.717) is 46.7 Å². The van der Waals surface area contributed by atoms with Crippen molar-refractivity contribution in [1.82, 2.24) is 14.5 Å². The fraction of sp³-hybridized carbons (Fsp3) is 0.591. The van der Waals surface area contributed by atoms with Crippen molar-refractivity contribution in [2.24, 2.45) is 0 Å². The average Bonchev–Trinajstić information content (AvgIpc) is 2.75. The summed E-state index contributed by atoms with van der Waals surface area (Å²) in [7, 11) is 1.64. The van der Waals surface area contributed by atoms with Gasteiger partial charge in [-0.05, 0) is 57.2 Å². The minimum Gasteiger partial charge on any atom is -0.385 e. The third kappa shape index (κ3) is 5.18. The number of thioether (sulfide) groups is 1. The van der Waals surface area contributed by atoms with Gasteiger partial charge in [-0.3, -0.25) is 14.2 Å². The van der Waals surface area contributed by atoms with Crippen molar-refractivity contribution in [3.63, 3.8) is 0 Å². The number of methoxy groups -OCH3 is 1. The zero-order valence-corrected chi connectivity index (χ0v) is 19.5. The monoisotopic (exact) mass is 451 g/mol. The van der Waals surface area contributed by atoms with Gasteiger partial charge in [0.05, 0.1) is 16.2 Å². The summed E-state index contributed by atoms with van der Waals surface area (Å²) in [6.07, 6.45) is 4.95. The highest BCUT2D eigenvalue weighted by Gasteiger charge is 2.30. The smallest absolute Gasteiger partial charge is 0.262 e. The topological polar surface area (TPSA) is 64.4 Å². The van der Waals surface area contributed by atoms with Crippen LogP contribution in [-0.2, 0) is 16.1 Å². The van der Waals surface area contributed by atoms with E-state index >= 15 is 0 Å². The second-order valence-electron chi connectivity index (χ2n) is 7.71. The number of rotatable bonds is 8. The molecular formula is C22H30ClN3O3S. The molecule has 0 saturated carbocycles. The summed E-state index contributed by atoms with van der Waals surface area (Å²) in [5.41, 5.74) is 0.446. The number of amides is 1. The van der Waals surface area contributed by atoms with Gasteiger partial charge in [-0.2, -0.15) is 0 Å². The molecular weight excluding hydrogens is 422 g/mol. The van der Waals surface area contributed by atoms with Gasteiger partial charge in [0.2, 0.25) is 5.91 Å². The van der Waals surface area contributed by atoms with Gasteiger partial charge in [-0.25, -0.2) is 4.98 Å². The third-order valence-electron chi connectivity index (χ3n) is 5.62. The number of ether oxygens (including phenoxy) is 1. The molecule has 0 aliphatic carbocycles. The van der Waals surface area contributed by atoms with Crippen LogP contribution < -0.4 is 5.56 Å². The molecule has 8 heteroatoms. The summed E-state index contributed by atoms with van der Waals surface area (Å²) >= 11 is 7.48. The van der Waals surface area contributed by atoms with Crippen molar-refractivity contribution in [3.05, 3.63) is 33.6 Å². The quantitative estimate of drug-likeness (QED) is 0.339. The Kier molecular flexibility index (Phi) is 8.20. The number of hydrogen-bond donors (Lipinski definition) is 0. The predicted molar refractivity (Wildman–Crippen MR) is 122 cm³/mol. The van der Waals surface area contributed by atoms with E-state index in [1.165, 1.54) is 18.2 Å². The summed E-state index contributed by atoms with van der Waals surface area (Å²) in [5.74, 6) is 0.121. The van der Waals surface area contributed by atoms with E-state index in [2.05, 4.69) is 6.92 Å². The molecule has 0 spiro atoms. The first-order valence-corrected chi connectivity index (χ1v) is 11.9. The van der Waals surface area contributed by atoms with Crippen molar-refractivity contribution in [2.75, 3.05) is 20.3 Å². The predicted octanol–water partition coefficient (Wildman–Crippen LogP) is 4.36. The molecule has 2 heterocycles. The van der Waals surface area contributed by atoms with Crippen molar-refractivity contribution in [3.8, 4) is 0 Å². The molecule has 1 aromatic carbocycles. The Morgan fingerprint density at radius 2 is 2.20 bits per heavy atom. The molecule has 0 radical (unpaired) electrons. The fourth-order valence-corrected chi connectivity index (χ4v) is 5.16. The van der Waals surface area contributed by atoms with Gasteiger partial charge in [-0.15, -0.1) is 0 Å². The van der Waals surface area contributed by atoms with Crippen LogP contribution in [0.5, 0.6) is 0 Å². The van der Waals surface area contributed by atoms with E-state index in [9.17, 15) is 9.59 Å². The average molecular weight is 452 g/mol. The number of carbonyl (C=O) groups is 1. The molecule has 1 aromatic heterocycles. The van der Waals surface area contributed by atoms with E-state index in [0.717, 1.165) is 25.8 Å². The molecule has 164 valence electrons. The molecule has 1 aliphatic rings. The van der Waals surface area contributed by atoms with Crippen LogP contribution in [-0.4, -0.2) is 51.9 Å². The maximum absolute atomic E-state index is 13.2. The molecule has 0 bridgehead atoms. The highest BCUT2D eigenvalue weighted by molar-refractivity contribution is 8.00. The molecule has 2 atom stereocenters. The molecule has 1 fully saturated rings. The van der Waals surface area contributed by atoms with Crippen LogP contribution in [0, 0.1) is 0 Å². The van der Waals surface area contributed by atoms with Gasteiger partial charge in [-0.1, -0.05) is 30.3 Å². The normalized spacial score (nSPS) is 18.0. The van der Waals surface area contributed by atoms with E-state index in [1.54, 1.807) is 29.9 Å². The number of piperidine rings is 1. The maximum Gasteiger partial charge on any atom is 0.262 e. The van der Waals surface area contributed by atoms with Crippen LogP contribution in [0.2, 0.25) is 5.02 Å². The van der Waals surface area contributed by atoms with Gasteiger partial charge in [0, 0.05) is 37.9 Å².